The van der Waals surface area contributed by atoms with Gasteiger partial charge in [-0.2, -0.15) is 0 Å². The first-order chi connectivity index (χ1) is 14.7. The van der Waals surface area contributed by atoms with Gasteiger partial charge in [-0.1, -0.05) is 0 Å². The molecule has 2 saturated heterocycles. The van der Waals surface area contributed by atoms with Gasteiger partial charge in [0, 0.05) is 30.2 Å². The van der Waals surface area contributed by atoms with Gasteiger partial charge in [0.05, 0.1) is 11.2 Å². The summed E-state index contributed by atoms with van der Waals surface area (Å²) in [6, 6.07) is 3.95. The minimum absolute atomic E-state index is 0.190. The van der Waals surface area contributed by atoms with Gasteiger partial charge in [-0.05, 0) is 79.5 Å². The number of piperidine rings is 1. The van der Waals surface area contributed by atoms with Gasteiger partial charge in [0.1, 0.15) is 11.4 Å². The SMILES string of the molecule is CC(C)(C)OC(=O)N1CCC[C@H](NC(=O)c2ccc(F)c(B3OC(C)(C)C(C)(C)O3)c2)C1. The fourth-order valence-corrected chi connectivity index (χ4v) is 3.69. The van der Waals surface area contributed by atoms with Crippen LogP contribution in [0.25, 0.3) is 0 Å². The number of halogens is 1. The van der Waals surface area contributed by atoms with Gasteiger partial charge in [0.25, 0.3) is 5.91 Å². The van der Waals surface area contributed by atoms with Gasteiger partial charge in [-0.3, -0.25) is 4.79 Å². The highest BCUT2D eigenvalue weighted by Crippen LogP contribution is 2.36. The number of hydrogen-bond donors (Lipinski definition) is 1. The van der Waals surface area contributed by atoms with Gasteiger partial charge in [-0.25, -0.2) is 9.18 Å². The lowest BCUT2D eigenvalue weighted by Crippen LogP contribution is -2.50. The van der Waals surface area contributed by atoms with Crippen LogP contribution in [-0.2, 0) is 14.0 Å². The minimum Gasteiger partial charge on any atom is -0.444 e. The Balaban J connectivity index is 1.68. The molecule has 176 valence electrons. The summed E-state index contributed by atoms with van der Waals surface area (Å²) in [5.74, 6) is -0.826. The maximum absolute atomic E-state index is 14.6. The molecule has 0 aliphatic carbocycles. The first-order valence-corrected chi connectivity index (χ1v) is 11.1. The molecule has 0 radical (unpaired) electrons. The van der Waals surface area contributed by atoms with E-state index in [9.17, 15) is 14.0 Å². The fraction of sp³-hybridized carbons (Fsp3) is 0.652. The number of amides is 2. The molecular weight excluding hydrogens is 414 g/mol. The van der Waals surface area contributed by atoms with Gasteiger partial charge < -0.3 is 24.3 Å². The Kier molecular flexibility index (Phi) is 6.64. The first-order valence-electron chi connectivity index (χ1n) is 11.1. The molecule has 1 N–H and O–H groups in total. The van der Waals surface area contributed by atoms with Crippen molar-refractivity contribution in [2.24, 2.45) is 0 Å². The number of likely N-dealkylation sites (tertiary alicyclic amines) is 1. The molecule has 0 unspecified atom stereocenters. The van der Waals surface area contributed by atoms with Crippen LogP contribution in [0.1, 0.15) is 71.7 Å². The van der Waals surface area contributed by atoms with E-state index in [0.29, 0.717) is 18.7 Å². The highest BCUT2D eigenvalue weighted by Gasteiger charge is 2.52. The molecule has 0 spiro atoms. The zero-order valence-corrected chi connectivity index (χ0v) is 20.1. The largest absolute Gasteiger partial charge is 0.497 e. The highest BCUT2D eigenvalue weighted by molar-refractivity contribution is 6.62. The number of carbonyl (C=O) groups is 2. The van der Waals surface area contributed by atoms with Crippen molar-refractivity contribution in [1.29, 1.82) is 0 Å². The second-order valence-electron chi connectivity index (χ2n) is 10.6. The predicted molar refractivity (Wildman–Crippen MR) is 120 cm³/mol. The minimum atomic E-state index is -0.898. The van der Waals surface area contributed by atoms with E-state index in [1.165, 1.54) is 18.2 Å². The zero-order chi connectivity index (χ0) is 23.9. The number of nitrogens with zero attached hydrogens (tertiary/aromatic N) is 1. The van der Waals surface area contributed by atoms with Crippen LogP contribution in [0.3, 0.4) is 0 Å². The van der Waals surface area contributed by atoms with Crippen LogP contribution in [-0.4, -0.2) is 60.0 Å². The third kappa shape index (κ3) is 5.43. The van der Waals surface area contributed by atoms with E-state index in [-0.39, 0.29) is 23.5 Å². The van der Waals surface area contributed by atoms with Crippen molar-refractivity contribution in [2.45, 2.75) is 84.2 Å². The molecular formula is C23H34BFN2O5. The number of rotatable bonds is 3. The van der Waals surface area contributed by atoms with Crippen molar-refractivity contribution < 1.29 is 28.0 Å². The third-order valence-corrected chi connectivity index (χ3v) is 6.17. The van der Waals surface area contributed by atoms with Crippen LogP contribution in [0.4, 0.5) is 9.18 Å². The molecule has 3 rings (SSSR count). The monoisotopic (exact) mass is 448 g/mol. The quantitative estimate of drug-likeness (QED) is 0.719. The van der Waals surface area contributed by atoms with E-state index < -0.39 is 29.7 Å². The summed E-state index contributed by atoms with van der Waals surface area (Å²) in [4.78, 5) is 26.9. The number of hydrogen-bond acceptors (Lipinski definition) is 5. The van der Waals surface area contributed by atoms with Gasteiger partial charge in [0.2, 0.25) is 0 Å². The van der Waals surface area contributed by atoms with Gasteiger partial charge >= 0.3 is 13.2 Å². The molecule has 0 bridgehead atoms. The summed E-state index contributed by atoms with van der Waals surface area (Å²) in [6.45, 7) is 14.0. The van der Waals surface area contributed by atoms with Crippen LogP contribution in [0, 0.1) is 5.82 Å². The molecule has 0 saturated carbocycles. The second-order valence-corrected chi connectivity index (χ2v) is 10.6. The summed E-state index contributed by atoms with van der Waals surface area (Å²) in [7, 11) is -0.898. The Bertz CT molecular complexity index is 868. The maximum atomic E-state index is 14.6. The van der Waals surface area contributed by atoms with E-state index in [1.54, 1.807) is 4.90 Å². The average molecular weight is 448 g/mol. The van der Waals surface area contributed by atoms with Gasteiger partial charge in [-0.15, -0.1) is 0 Å². The summed E-state index contributed by atoms with van der Waals surface area (Å²) < 4.78 is 31.9. The average Bonchev–Trinajstić information content (AvgIpc) is 2.88. The number of nitrogens with one attached hydrogen (secondary N) is 1. The molecule has 2 fully saturated rings. The van der Waals surface area contributed by atoms with Crippen LogP contribution < -0.4 is 10.8 Å². The molecule has 2 aliphatic rings. The molecule has 2 amide bonds. The Morgan fingerprint density at radius 2 is 1.81 bits per heavy atom. The van der Waals surface area contributed by atoms with Crippen LogP contribution in [0.2, 0.25) is 0 Å². The number of carbonyl (C=O) groups excluding carboxylic acids is 2. The summed E-state index contributed by atoms with van der Waals surface area (Å²) in [6.07, 6.45) is 1.12. The summed E-state index contributed by atoms with van der Waals surface area (Å²) in [5.41, 5.74) is -1.31. The summed E-state index contributed by atoms with van der Waals surface area (Å²) in [5, 5.41) is 2.96. The summed E-state index contributed by atoms with van der Waals surface area (Å²) >= 11 is 0. The van der Waals surface area contributed by atoms with E-state index in [0.717, 1.165) is 12.8 Å². The highest BCUT2D eigenvalue weighted by atomic mass is 19.1. The van der Waals surface area contributed by atoms with Gasteiger partial charge in [0.15, 0.2) is 0 Å². The van der Waals surface area contributed by atoms with Crippen LogP contribution in [0.15, 0.2) is 18.2 Å². The van der Waals surface area contributed by atoms with Crippen molar-refractivity contribution in [3.63, 3.8) is 0 Å². The van der Waals surface area contributed by atoms with E-state index >= 15 is 0 Å². The van der Waals surface area contributed by atoms with Crippen molar-refractivity contribution in [3.8, 4) is 0 Å². The molecule has 7 nitrogen and oxygen atoms in total. The lowest BCUT2D eigenvalue weighted by Gasteiger charge is -2.34. The van der Waals surface area contributed by atoms with Crippen molar-refractivity contribution in [2.75, 3.05) is 13.1 Å². The topological polar surface area (TPSA) is 77.1 Å². The lowest BCUT2D eigenvalue weighted by molar-refractivity contribution is 0.00578. The smallest absolute Gasteiger partial charge is 0.444 e. The Morgan fingerprint density at radius 3 is 2.41 bits per heavy atom. The predicted octanol–water partition coefficient (Wildman–Crippen LogP) is 3.25. The Labute approximate surface area is 190 Å². The standard InChI is InChI=1S/C23H34BFN2O5/c1-21(2,3)30-20(29)27-12-8-9-16(14-27)26-19(28)15-10-11-18(25)17(13-15)24-31-22(4,5)23(6,7)32-24/h10-11,13,16H,8-9,12,14H2,1-7H3,(H,26,28)/t16-/m0/s1. The Morgan fingerprint density at radius 1 is 1.19 bits per heavy atom. The zero-order valence-electron chi connectivity index (χ0n) is 20.1. The van der Waals surface area contributed by atoms with Crippen molar-refractivity contribution >= 4 is 24.6 Å². The number of ether oxygens (including phenoxy) is 1. The molecule has 1 aromatic carbocycles. The van der Waals surface area contributed by atoms with E-state index in [4.69, 9.17) is 14.0 Å². The first kappa shape index (κ1) is 24.5. The molecule has 2 heterocycles. The molecule has 32 heavy (non-hydrogen) atoms. The third-order valence-electron chi connectivity index (χ3n) is 6.17. The maximum Gasteiger partial charge on any atom is 0.497 e. The van der Waals surface area contributed by atoms with E-state index in [2.05, 4.69) is 5.32 Å². The fourth-order valence-electron chi connectivity index (χ4n) is 3.69. The molecule has 9 heteroatoms. The van der Waals surface area contributed by atoms with Crippen molar-refractivity contribution in [1.82, 2.24) is 10.2 Å². The van der Waals surface area contributed by atoms with Crippen molar-refractivity contribution in [3.05, 3.63) is 29.6 Å². The molecule has 0 aromatic heterocycles. The molecule has 2 aliphatic heterocycles. The van der Waals surface area contributed by atoms with Crippen LogP contribution >= 0.6 is 0 Å². The lowest BCUT2D eigenvalue weighted by atomic mass is 9.78. The second kappa shape index (κ2) is 8.67. The molecule has 1 aromatic rings. The molecule has 1 atom stereocenters. The normalized spacial score (nSPS) is 22.6. The number of benzene rings is 1. The van der Waals surface area contributed by atoms with E-state index in [1.807, 2.05) is 48.5 Å². The Hall–Kier alpha value is -2.13. The van der Waals surface area contributed by atoms with Crippen LogP contribution in [0.5, 0.6) is 0 Å².